The zero-order valence-electron chi connectivity index (χ0n) is 22.3. The number of anilines is 1. The topological polar surface area (TPSA) is 71.2 Å². The molecule has 1 atom stereocenters. The number of H-pyrrole nitrogens is 1. The third-order valence-electron chi connectivity index (χ3n) is 6.51. The molecule has 36 heavy (non-hydrogen) atoms. The number of aromatic amines is 1. The van der Waals surface area contributed by atoms with E-state index in [0.717, 1.165) is 40.7 Å². The zero-order valence-corrected chi connectivity index (χ0v) is 23.1. The monoisotopic (exact) mass is 508 g/mol. The Morgan fingerprint density at radius 2 is 1.83 bits per heavy atom. The van der Waals surface area contributed by atoms with Crippen LogP contribution in [0.1, 0.15) is 82.6 Å². The normalized spacial score (nSPS) is 12.5. The van der Waals surface area contributed by atoms with Crippen LogP contribution in [0.2, 0.25) is 0 Å². The van der Waals surface area contributed by atoms with E-state index in [2.05, 4.69) is 57.1 Å². The van der Waals surface area contributed by atoms with E-state index in [0.29, 0.717) is 30.3 Å². The minimum Gasteiger partial charge on any atom is -0.465 e. The number of aromatic nitrogens is 1. The van der Waals surface area contributed by atoms with Gasteiger partial charge in [-0.2, -0.15) is 0 Å². The van der Waals surface area contributed by atoms with E-state index in [1.807, 2.05) is 30.3 Å². The molecule has 1 amide bonds. The standard InChI is InChI=1S/C30H40N2O3S/c1-6-8-10-21(7-2)20-35-27(33)17-18-36-26-12-9-11-25-28(26)24(19-31-25)29(34)32-23-15-13-22(14-16-23)30(3,4)5/h9,11-16,19,21,31H,6-8,10,17-18,20H2,1-5H3,(H,32,34). The highest BCUT2D eigenvalue weighted by molar-refractivity contribution is 7.99. The molecule has 1 aromatic heterocycles. The number of nitrogens with one attached hydrogen (secondary N) is 2. The molecule has 1 heterocycles. The van der Waals surface area contributed by atoms with Crippen molar-refractivity contribution in [1.29, 1.82) is 0 Å². The lowest BCUT2D eigenvalue weighted by molar-refractivity contribution is -0.144. The lowest BCUT2D eigenvalue weighted by atomic mass is 9.87. The van der Waals surface area contributed by atoms with Crippen molar-refractivity contribution in [2.45, 2.75) is 77.0 Å². The Morgan fingerprint density at radius 3 is 2.50 bits per heavy atom. The van der Waals surface area contributed by atoms with Gasteiger partial charge >= 0.3 is 5.97 Å². The molecule has 0 bridgehead atoms. The average molecular weight is 509 g/mol. The Bertz CT molecular complexity index is 1150. The number of carbonyl (C=O) groups is 2. The SMILES string of the molecule is CCCCC(CC)COC(=O)CCSc1cccc2[nH]cc(C(=O)Nc3ccc(C(C)(C)C)cc3)c12. The van der Waals surface area contributed by atoms with E-state index < -0.39 is 0 Å². The number of unbranched alkanes of at least 4 members (excludes halogenated alkanes) is 1. The third kappa shape index (κ3) is 7.63. The molecule has 2 N–H and O–H groups in total. The number of hydrogen-bond acceptors (Lipinski definition) is 4. The molecular weight excluding hydrogens is 468 g/mol. The molecule has 0 spiro atoms. The zero-order chi connectivity index (χ0) is 26.1. The molecule has 0 fully saturated rings. The molecule has 0 aliphatic heterocycles. The van der Waals surface area contributed by atoms with Crippen molar-refractivity contribution in [3.63, 3.8) is 0 Å². The van der Waals surface area contributed by atoms with E-state index in [1.54, 1.807) is 18.0 Å². The summed E-state index contributed by atoms with van der Waals surface area (Å²) in [5.41, 5.74) is 3.54. The molecule has 3 aromatic rings. The van der Waals surface area contributed by atoms with Crippen molar-refractivity contribution >= 4 is 40.2 Å². The number of fused-ring (bicyclic) bond motifs is 1. The fourth-order valence-electron chi connectivity index (χ4n) is 4.13. The van der Waals surface area contributed by atoms with Crippen LogP contribution in [0.4, 0.5) is 5.69 Å². The minimum absolute atomic E-state index is 0.0602. The number of thioether (sulfide) groups is 1. The van der Waals surface area contributed by atoms with Gasteiger partial charge in [0, 0.05) is 33.4 Å². The second kappa shape index (κ2) is 13.0. The largest absolute Gasteiger partial charge is 0.465 e. The van der Waals surface area contributed by atoms with Crippen LogP contribution in [0.15, 0.2) is 53.6 Å². The number of amides is 1. The average Bonchev–Trinajstić information content (AvgIpc) is 3.29. The van der Waals surface area contributed by atoms with Crippen LogP contribution in [0.25, 0.3) is 10.9 Å². The summed E-state index contributed by atoms with van der Waals surface area (Å²) in [4.78, 5) is 29.6. The van der Waals surface area contributed by atoms with Crippen LogP contribution in [0.3, 0.4) is 0 Å². The summed E-state index contributed by atoms with van der Waals surface area (Å²) < 4.78 is 5.54. The van der Waals surface area contributed by atoms with Crippen LogP contribution in [-0.2, 0) is 14.9 Å². The van der Waals surface area contributed by atoms with E-state index in [-0.39, 0.29) is 17.3 Å². The summed E-state index contributed by atoms with van der Waals surface area (Å²) in [7, 11) is 0. The van der Waals surface area contributed by atoms with Gasteiger partial charge in [0.25, 0.3) is 5.91 Å². The first-order valence-corrected chi connectivity index (χ1v) is 14.0. The highest BCUT2D eigenvalue weighted by atomic mass is 32.2. The summed E-state index contributed by atoms with van der Waals surface area (Å²) >= 11 is 1.58. The highest BCUT2D eigenvalue weighted by Crippen LogP contribution is 2.32. The lowest BCUT2D eigenvalue weighted by Crippen LogP contribution is -2.14. The van der Waals surface area contributed by atoms with Crippen LogP contribution < -0.4 is 5.32 Å². The fourth-order valence-corrected chi connectivity index (χ4v) is 5.16. The van der Waals surface area contributed by atoms with Crippen molar-refractivity contribution in [3.8, 4) is 0 Å². The third-order valence-corrected chi connectivity index (χ3v) is 7.57. The van der Waals surface area contributed by atoms with E-state index >= 15 is 0 Å². The van der Waals surface area contributed by atoms with Crippen molar-refractivity contribution in [2.24, 2.45) is 5.92 Å². The lowest BCUT2D eigenvalue weighted by Gasteiger charge is -2.19. The Kier molecular flexibility index (Phi) is 10.1. The Hall–Kier alpha value is -2.73. The molecule has 1 unspecified atom stereocenters. The number of benzene rings is 2. The van der Waals surface area contributed by atoms with Crippen LogP contribution >= 0.6 is 11.8 Å². The maximum absolute atomic E-state index is 13.1. The Morgan fingerprint density at radius 1 is 1.08 bits per heavy atom. The Labute approximate surface area is 219 Å². The summed E-state index contributed by atoms with van der Waals surface area (Å²) in [6, 6.07) is 13.9. The van der Waals surface area contributed by atoms with Gasteiger partial charge in [-0.3, -0.25) is 9.59 Å². The Balaban J connectivity index is 1.61. The first-order valence-electron chi connectivity index (χ1n) is 13.0. The minimum atomic E-state index is -0.157. The number of rotatable bonds is 12. The number of carbonyl (C=O) groups excluding carboxylic acids is 2. The molecule has 0 aliphatic carbocycles. The summed E-state index contributed by atoms with van der Waals surface area (Å²) in [5.74, 6) is 0.732. The highest BCUT2D eigenvalue weighted by Gasteiger charge is 2.18. The molecule has 5 nitrogen and oxygen atoms in total. The number of esters is 1. The van der Waals surface area contributed by atoms with Gasteiger partial charge in [-0.1, -0.05) is 72.1 Å². The van der Waals surface area contributed by atoms with Crippen molar-refractivity contribution in [3.05, 3.63) is 59.8 Å². The molecule has 3 rings (SSSR count). The predicted octanol–water partition coefficient (Wildman–Crippen LogP) is 7.96. The van der Waals surface area contributed by atoms with E-state index in [1.165, 1.54) is 12.0 Å². The van der Waals surface area contributed by atoms with Gasteiger partial charge in [-0.15, -0.1) is 11.8 Å². The molecule has 6 heteroatoms. The van der Waals surface area contributed by atoms with E-state index in [4.69, 9.17) is 4.74 Å². The van der Waals surface area contributed by atoms with Crippen molar-refractivity contribution < 1.29 is 14.3 Å². The van der Waals surface area contributed by atoms with Gasteiger partial charge in [-0.25, -0.2) is 0 Å². The molecule has 0 saturated carbocycles. The van der Waals surface area contributed by atoms with Crippen molar-refractivity contribution in [2.75, 3.05) is 17.7 Å². The van der Waals surface area contributed by atoms with Crippen LogP contribution in [-0.4, -0.2) is 29.2 Å². The molecule has 194 valence electrons. The smallest absolute Gasteiger partial charge is 0.306 e. The van der Waals surface area contributed by atoms with Gasteiger partial charge in [0.1, 0.15) is 0 Å². The summed E-state index contributed by atoms with van der Waals surface area (Å²) in [6.45, 7) is 11.3. The molecule has 0 saturated heterocycles. The van der Waals surface area contributed by atoms with Gasteiger partial charge in [0.05, 0.1) is 18.6 Å². The first-order chi connectivity index (χ1) is 17.2. The second-order valence-electron chi connectivity index (χ2n) is 10.4. The van der Waals surface area contributed by atoms with Gasteiger partial charge in [0.2, 0.25) is 0 Å². The quantitative estimate of drug-likeness (QED) is 0.192. The fraction of sp³-hybridized carbons (Fsp3) is 0.467. The van der Waals surface area contributed by atoms with Crippen LogP contribution in [0, 0.1) is 5.92 Å². The predicted molar refractivity (Wildman–Crippen MR) is 151 cm³/mol. The molecular formula is C30H40N2O3S. The van der Waals surface area contributed by atoms with E-state index in [9.17, 15) is 9.59 Å². The van der Waals surface area contributed by atoms with Crippen LogP contribution in [0.5, 0.6) is 0 Å². The van der Waals surface area contributed by atoms with Gasteiger partial charge in [0.15, 0.2) is 0 Å². The number of ether oxygens (including phenoxy) is 1. The second-order valence-corrected chi connectivity index (χ2v) is 11.5. The maximum atomic E-state index is 13.1. The summed E-state index contributed by atoms with van der Waals surface area (Å²) in [5, 5.41) is 3.90. The first kappa shape index (κ1) is 27.9. The van der Waals surface area contributed by atoms with Crippen molar-refractivity contribution in [1.82, 2.24) is 4.98 Å². The summed E-state index contributed by atoms with van der Waals surface area (Å²) in [6.07, 6.45) is 6.57. The molecule has 0 radical (unpaired) electrons. The molecule has 2 aromatic carbocycles. The number of hydrogen-bond donors (Lipinski definition) is 2. The maximum Gasteiger partial charge on any atom is 0.306 e. The van der Waals surface area contributed by atoms with Gasteiger partial charge < -0.3 is 15.0 Å². The van der Waals surface area contributed by atoms with Gasteiger partial charge in [-0.05, 0) is 47.6 Å². The molecule has 0 aliphatic rings.